The molecule has 1 N–H and O–H groups in total. The van der Waals surface area contributed by atoms with Crippen molar-refractivity contribution in [2.24, 2.45) is 0 Å². The van der Waals surface area contributed by atoms with Crippen LogP contribution >= 0.6 is 0 Å². The second kappa shape index (κ2) is 8.65. The van der Waals surface area contributed by atoms with Crippen molar-refractivity contribution in [3.05, 3.63) is 68.8 Å². The van der Waals surface area contributed by atoms with Crippen LogP contribution in [0.3, 0.4) is 0 Å². The van der Waals surface area contributed by atoms with Crippen LogP contribution in [0.5, 0.6) is 0 Å². The fourth-order valence-electron chi connectivity index (χ4n) is 2.89. The van der Waals surface area contributed by atoms with Crippen molar-refractivity contribution in [1.82, 2.24) is 0 Å². The van der Waals surface area contributed by atoms with Gasteiger partial charge in [-0.3, -0.25) is 14.9 Å². The molecule has 1 amide bonds. The summed E-state index contributed by atoms with van der Waals surface area (Å²) in [6.45, 7) is 8.89. The zero-order valence-corrected chi connectivity index (χ0v) is 16.6. The van der Waals surface area contributed by atoms with E-state index in [-0.39, 0.29) is 22.7 Å². The van der Waals surface area contributed by atoms with Gasteiger partial charge in [0.25, 0.3) is 11.6 Å². The maximum atomic E-state index is 12.6. The van der Waals surface area contributed by atoms with Crippen molar-refractivity contribution in [3.63, 3.8) is 0 Å². The molecule has 0 aliphatic heterocycles. The molecule has 0 heterocycles. The molecular weight excluding hydrogens is 360 g/mol. The number of nitro groups is 1. The van der Waals surface area contributed by atoms with Crippen molar-refractivity contribution in [3.8, 4) is 0 Å². The molecule has 2 aromatic carbocycles. The molecule has 1 atom stereocenters. The Bertz CT molecular complexity index is 921. The molecule has 0 aromatic heterocycles. The summed E-state index contributed by atoms with van der Waals surface area (Å²) in [7, 11) is 0. The molecule has 2 rings (SSSR count). The third-order valence-electron chi connectivity index (χ3n) is 4.55. The van der Waals surface area contributed by atoms with E-state index in [0.29, 0.717) is 5.69 Å². The van der Waals surface area contributed by atoms with Gasteiger partial charge in [-0.05, 0) is 43.9 Å². The number of para-hydroxylation sites is 1. The van der Waals surface area contributed by atoms with E-state index in [9.17, 15) is 19.7 Å². The van der Waals surface area contributed by atoms with Crippen molar-refractivity contribution < 1.29 is 19.2 Å². The Hall–Kier alpha value is -3.22. The van der Waals surface area contributed by atoms with Crippen molar-refractivity contribution in [2.75, 3.05) is 5.32 Å². The van der Waals surface area contributed by atoms with E-state index in [2.05, 4.69) is 5.32 Å². The van der Waals surface area contributed by atoms with Crippen LogP contribution in [0.15, 0.2) is 36.4 Å². The SMILES string of the molecule is Cc1cccc(C(C)C)c1NC(=O)[C@@H](C)OC(=O)c1cccc([N+](=O)[O-])c1C. The third-order valence-corrected chi connectivity index (χ3v) is 4.55. The lowest BCUT2D eigenvalue weighted by molar-refractivity contribution is -0.385. The molecule has 0 spiro atoms. The third kappa shape index (κ3) is 4.54. The summed E-state index contributed by atoms with van der Waals surface area (Å²) in [6.07, 6.45) is -1.06. The van der Waals surface area contributed by atoms with E-state index in [1.165, 1.54) is 32.0 Å². The molecular formula is C21H24N2O5. The van der Waals surface area contributed by atoms with Crippen LogP contribution in [0.1, 0.15) is 53.7 Å². The fourth-order valence-corrected chi connectivity index (χ4v) is 2.89. The predicted molar refractivity (Wildman–Crippen MR) is 107 cm³/mol. The molecule has 0 saturated heterocycles. The van der Waals surface area contributed by atoms with Crippen LogP contribution in [-0.2, 0) is 9.53 Å². The number of hydrogen-bond donors (Lipinski definition) is 1. The summed E-state index contributed by atoms with van der Waals surface area (Å²) in [5.74, 6) is -1.04. The van der Waals surface area contributed by atoms with Crippen LogP contribution in [0.4, 0.5) is 11.4 Å². The topological polar surface area (TPSA) is 98.5 Å². The van der Waals surface area contributed by atoms with Gasteiger partial charge in [0.05, 0.1) is 10.5 Å². The standard InChI is InChI=1S/C21H24N2O5/c1-12(2)16-9-6-8-13(3)19(16)22-20(24)15(5)28-21(25)17-10-7-11-18(14(17)4)23(26)27/h6-12,15H,1-5H3,(H,22,24)/t15-/m1/s1. The summed E-state index contributed by atoms with van der Waals surface area (Å²) in [4.78, 5) is 35.5. The number of carbonyl (C=O) groups is 2. The van der Waals surface area contributed by atoms with E-state index in [1.807, 2.05) is 39.0 Å². The number of anilines is 1. The van der Waals surface area contributed by atoms with Crippen LogP contribution in [-0.4, -0.2) is 22.9 Å². The molecule has 0 aliphatic carbocycles. The second-order valence-electron chi connectivity index (χ2n) is 6.94. The average molecular weight is 384 g/mol. The van der Waals surface area contributed by atoms with Gasteiger partial charge in [-0.1, -0.05) is 38.1 Å². The number of benzene rings is 2. The summed E-state index contributed by atoms with van der Waals surface area (Å²) in [5.41, 5.74) is 2.69. The minimum absolute atomic E-state index is 0.0626. The molecule has 7 heteroatoms. The first kappa shape index (κ1) is 21.1. The van der Waals surface area contributed by atoms with Gasteiger partial charge in [-0.25, -0.2) is 4.79 Å². The molecule has 7 nitrogen and oxygen atoms in total. The zero-order chi connectivity index (χ0) is 21.0. The highest BCUT2D eigenvalue weighted by Crippen LogP contribution is 2.28. The number of carbonyl (C=O) groups excluding carboxylic acids is 2. The number of esters is 1. The maximum Gasteiger partial charge on any atom is 0.339 e. The highest BCUT2D eigenvalue weighted by atomic mass is 16.6. The lowest BCUT2D eigenvalue weighted by Gasteiger charge is -2.19. The largest absolute Gasteiger partial charge is 0.449 e. The Kier molecular flexibility index (Phi) is 6.51. The minimum Gasteiger partial charge on any atom is -0.449 e. The fraction of sp³-hybridized carbons (Fsp3) is 0.333. The van der Waals surface area contributed by atoms with E-state index in [0.717, 1.165) is 11.1 Å². The van der Waals surface area contributed by atoms with E-state index in [4.69, 9.17) is 4.74 Å². The second-order valence-corrected chi connectivity index (χ2v) is 6.94. The van der Waals surface area contributed by atoms with Gasteiger partial charge in [-0.2, -0.15) is 0 Å². The van der Waals surface area contributed by atoms with Crippen LogP contribution in [0.2, 0.25) is 0 Å². The summed E-state index contributed by atoms with van der Waals surface area (Å²) >= 11 is 0. The first-order valence-electron chi connectivity index (χ1n) is 8.98. The van der Waals surface area contributed by atoms with Gasteiger partial charge >= 0.3 is 5.97 Å². The monoisotopic (exact) mass is 384 g/mol. The number of nitrogens with one attached hydrogen (secondary N) is 1. The summed E-state index contributed by atoms with van der Waals surface area (Å²) in [5, 5.41) is 13.9. The number of amides is 1. The number of ether oxygens (including phenoxy) is 1. The molecule has 0 radical (unpaired) electrons. The van der Waals surface area contributed by atoms with Crippen molar-refractivity contribution >= 4 is 23.3 Å². The number of aryl methyl sites for hydroxylation is 1. The normalized spacial score (nSPS) is 11.8. The van der Waals surface area contributed by atoms with E-state index < -0.39 is 22.9 Å². The van der Waals surface area contributed by atoms with Crippen LogP contribution in [0, 0.1) is 24.0 Å². The predicted octanol–water partition coefficient (Wildman–Crippen LogP) is 4.52. The lowest BCUT2D eigenvalue weighted by Crippen LogP contribution is -2.31. The molecule has 0 fully saturated rings. The zero-order valence-electron chi connectivity index (χ0n) is 16.6. The van der Waals surface area contributed by atoms with Gasteiger partial charge < -0.3 is 10.1 Å². The maximum absolute atomic E-state index is 12.6. The van der Waals surface area contributed by atoms with Crippen molar-refractivity contribution in [1.29, 1.82) is 0 Å². The number of hydrogen-bond acceptors (Lipinski definition) is 5. The first-order chi connectivity index (χ1) is 13.1. The van der Waals surface area contributed by atoms with E-state index in [1.54, 1.807) is 0 Å². The van der Waals surface area contributed by atoms with Gasteiger partial charge in [0.2, 0.25) is 0 Å². The molecule has 0 aliphatic rings. The summed E-state index contributed by atoms with van der Waals surface area (Å²) in [6, 6.07) is 9.92. The summed E-state index contributed by atoms with van der Waals surface area (Å²) < 4.78 is 5.25. The molecule has 0 bridgehead atoms. The molecule has 0 saturated carbocycles. The Morgan fingerprint density at radius 1 is 1.07 bits per heavy atom. The van der Waals surface area contributed by atoms with Gasteiger partial charge in [0.15, 0.2) is 6.10 Å². The van der Waals surface area contributed by atoms with Gasteiger partial charge in [0.1, 0.15) is 0 Å². The van der Waals surface area contributed by atoms with Crippen LogP contribution < -0.4 is 5.32 Å². The lowest BCUT2D eigenvalue weighted by atomic mass is 9.98. The molecule has 0 unspecified atom stereocenters. The van der Waals surface area contributed by atoms with E-state index >= 15 is 0 Å². The van der Waals surface area contributed by atoms with Gasteiger partial charge in [0, 0.05) is 17.3 Å². The highest BCUT2D eigenvalue weighted by molar-refractivity contribution is 5.99. The molecule has 28 heavy (non-hydrogen) atoms. The van der Waals surface area contributed by atoms with Crippen molar-refractivity contribution in [2.45, 2.75) is 46.6 Å². The Morgan fingerprint density at radius 2 is 1.71 bits per heavy atom. The Morgan fingerprint density at radius 3 is 2.32 bits per heavy atom. The number of nitro benzene ring substituents is 1. The smallest absolute Gasteiger partial charge is 0.339 e. The highest BCUT2D eigenvalue weighted by Gasteiger charge is 2.24. The Balaban J connectivity index is 2.17. The number of rotatable bonds is 6. The quantitative estimate of drug-likeness (QED) is 0.448. The van der Waals surface area contributed by atoms with Gasteiger partial charge in [-0.15, -0.1) is 0 Å². The number of nitrogens with zero attached hydrogens (tertiary/aromatic N) is 1. The minimum atomic E-state index is -1.06. The molecule has 148 valence electrons. The van der Waals surface area contributed by atoms with Crippen LogP contribution in [0.25, 0.3) is 0 Å². The molecule has 2 aromatic rings. The Labute approximate surface area is 163 Å². The first-order valence-corrected chi connectivity index (χ1v) is 8.98. The average Bonchev–Trinajstić information content (AvgIpc) is 2.62.